The molecular formula is C9H11ClN2O2. The summed E-state index contributed by atoms with van der Waals surface area (Å²) in [4.78, 5) is 15.1. The molecule has 1 unspecified atom stereocenters. The summed E-state index contributed by atoms with van der Waals surface area (Å²) in [5.74, 6) is -0.602. The number of hydrogen-bond donors (Lipinski definition) is 1. The van der Waals surface area contributed by atoms with Crippen LogP contribution in [0.2, 0.25) is 5.15 Å². The zero-order valence-electron chi connectivity index (χ0n) is 7.95. The summed E-state index contributed by atoms with van der Waals surface area (Å²) < 4.78 is 5.07. The molecule has 4 nitrogen and oxygen atoms in total. The van der Waals surface area contributed by atoms with Crippen molar-refractivity contribution in [3.8, 4) is 0 Å². The lowest BCUT2D eigenvalue weighted by Crippen LogP contribution is -2.40. The first kappa shape index (κ1) is 10.9. The van der Waals surface area contributed by atoms with Crippen LogP contribution < -0.4 is 5.73 Å². The van der Waals surface area contributed by atoms with Crippen molar-refractivity contribution in [3.05, 3.63) is 29.0 Å². The summed E-state index contributed by atoms with van der Waals surface area (Å²) in [6.07, 6.45) is 1.53. The van der Waals surface area contributed by atoms with Gasteiger partial charge in [0.05, 0.1) is 0 Å². The van der Waals surface area contributed by atoms with E-state index in [9.17, 15) is 4.79 Å². The molecule has 2 N–H and O–H groups in total. The minimum Gasteiger partial charge on any atom is -0.367 e. The van der Waals surface area contributed by atoms with E-state index in [0.717, 1.165) is 0 Å². The molecule has 1 aromatic heterocycles. The maximum atomic E-state index is 11.2. The standard InChI is InChI=1S/C9H11ClN2O2/c1-9(14-2,8(11)13)6-4-3-5-12-7(6)10/h3-5H,1-2H3,(H2,11,13). The Morgan fingerprint density at radius 3 is 2.79 bits per heavy atom. The van der Waals surface area contributed by atoms with Gasteiger partial charge in [-0.05, 0) is 13.0 Å². The fraction of sp³-hybridized carbons (Fsp3) is 0.333. The number of pyridine rings is 1. The molecule has 0 aliphatic rings. The monoisotopic (exact) mass is 214 g/mol. The lowest BCUT2D eigenvalue weighted by Gasteiger charge is -2.24. The SMILES string of the molecule is COC(C)(C(N)=O)c1cccnc1Cl. The second-order valence-corrected chi connectivity index (χ2v) is 3.30. The van der Waals surface area contributed by atoms with Gasteiger partial charge in [-0.2, -0.15) is 0 Å². The van der Waals surface area contributed by atoms with Crippen LogP contribution in [0.5, 0.6) is 0 Å². The molecule has 1 aromatic rings. The second-order valence-electron chi connectivity index (χ2n) is 2.94. The third-order valence-corrected chi connectivity index (χ3v) is 2.45. The van der Waals surface area contributed by atoms with Gasteiger partial charge in [-0.3, -0.25) is 4.79 Å². The predicted molar refractivity (Wildman–Crippen MR) is 52.8 cm³/mol. The van der Waals surface area contributed by atoms with Crippen molar-refractivity contribution in [3.63, 3.8) is 0 Å². The molecule has 0 bridgehead atoms. The van der Waals surface area contributed by atoms with Crippen molar-refractivity contribution >= 4 is 17.5 Å². The highest BCUT2D eigenvalue weighted by Gasteiger charge is 2.35. The number of nitrogens with two attached hydrogens (primary N) is 1. The maximum Gasteiger partial charge on any atom is 0.254 e. The van der Waals surface area contributed by atoms with Crippen molar-refractivity contribution in [2.75, 3.05) is 7.11 Å². The van der Waals surface area contributed by atoms with Gasteiger partial charge in [-0.25, -0.2) is 4.98 Å². The Labute approximate surface area is 87.0 Å². The van der Waals surface area contributed by atoms with Crippen LogP contribution in [0.1, 0.15) is 12.5 Å². The van der Waals surface area contributed by atoms with Crippen LogP contribution in [0.15, 0.2) is 18.3 Å². The third-order valence-electron chi connectivity index (χ3n) is 2.15. The number of carbonyl (C=O) groups is 1. The van der Waals surface area contributed by atoms with Crippen LogP contribution in [0, 0.1) is 0 Å². The zero-order chi connectivity index (χ0) is 10.8. The molecular weight excluding hydrogens is 204 g/mol. The van der Waals surface area contributed by atoms with E-state index in [0.29, 0.717) is 5.56 Å². The molecule has 1 amide bonds. The molecule has 0 fully saturated rings. The number of rotatable bonds is 3. The van der Waals surface area contributed by atoms with E-state index in [4.69, 9.17) is 22.1 Å². The molecule has 1 heterocycles. The largest absolute Gasteiger partial charge is 0.367 e. The lowest BCUT2D eigenvalue weighted by atomic mass is 9.97. The van der Waals surface area contributed by atoms with Gasteiger partial charge in [0, 0.05) is 18.9 Å². The van der Waals surface area contributed by atoms with Crippen LogP contribution in [0.4, 0.5) is 0 Å². The van der Waals surface area contributed by atoms with E-state index in [1.54, 1.807) is 19.1 Å². The minimum absolute atomic E-state index is 0.218. The number of aromatic nitrogens is 1. The Morgan fingerprint density at radius 1 is 1.71 bits per heavy atom. The molecule has 0 aliphatic carbocycles. The first-order valence-corrected chi connectivity index (χ1v) is 4.36. The van der Waals surface area contributed by atoms with Crippen molar-refractivity contribution in [2.45, 2.75) is 12.5 Å². The molecule has 0 aromatic carbocycles. The van der Waals surface area contributed by atoms with E-state index in [2.05, 4.69) is 4.98 Å². The van der Waals surface area contributed by atoms with Gasteiger partial charge in [-0.1, -0.05) is 17.7 Å². The summed E-state index contributed by atoms with van der Waals surface area (Å²) in [6.45, 7) is 1.55. The molecule has 5 heteroatoms. The topological polar surface area (TPSA) is 65.2 Å². The summed E-state index contributed by atoms with van der Waals surface area (Å²) in [5.41, 5.74) is 4.47. The van der Waals surface area contributed by atoms with Crippen molar-refractivity contribution in [1.29, 1.82) is 0 Å². The third kappa shape index (κ3) is 1.71. The Kier molecular flexibility index (Phi) is 3.08. The summed E-state index contributed by atoms with van der Waals surface area (Å²) >= 11 is 5.83. The molecule has 0 spiro atoms. The summed E-state index contributed by atoms with van der Waals surface area (Å²) in [6, 6.07) is 3.32. The number of amides is 1. The minimum atomic E-state index is -1.23. The van der Waals surface area contributed by atoms with E-state index in [-0.39, 0.29) is 5.15 Å². The normalized spacial score (nSPS) is 14.8. The smallest absolute Gasteiger partial charge is 0.254 e. The fourth-order valence-electron chi connectivity index (χ4n) is 1.09. The predicted octanol–water partition coefficient (Wildman–Crippen LogP) is 1.08. The number of methoxy groups -OCH3 is 1. The first-order valence-electron chi connectivity index (χ1n) is 3.98. The van der Waals surface area contributed by atoms with Crippen molar-refractivity contribution in [1.82, 2.24) is 4.98 Å². The molecule has 1 atom stereocenters. The summed E-state index contributed by atoms with van der Waals surface area (Å²) in [5, 5.41) is 0.218. The van der Waals surface area contributed by atoms with Gasteiger partial charge >= 0.3 is 0 Å². The molecule has 0 saturated heterocycles. The van der Waals surface area contributed by atoms with Gasteiger partial charge in [-0.15, -0.1) is 0 Å². The van der Waals surface area contributed by atoms with Crippen molar-refractivity contribution in [2.24, 2.45) is 5.73 Å². The average Bonchev–Trinajstić information content (AvgIpc) is 2.17. The van der Waals surface area contributed by atoms with Crippen LogP contribution >= 0.6 is 11.6 Å². The Balaban J connectivity index is 3.26. The van der Waals surface area contributed by atoms with Gasteiger partial charge in [0.15, 0.2) is 5.60 Å². The molecule has 76 valence electrons. The number of nitrogens with zero attached hydrogens (tertiary/aromatic N) is 1. The van der Waals surface area contributed by atoms with Crippen LogP contribution in [-0.2, 0) is 15.1 Å². The summed E-state index contributed by atoms with van der Waals surface area (Å²) in [7, 11) is 1.40. The highest BCUT2D eigenvalue weighted by atomic mass is 35.5. The Morgan fingerprint density at radius 2 is 2.36 bits per heavy atom. The molecule has 0 radical (unpaired) electrons. The fourth-order valence-corrected chi connectivity index (χ4v) is 1.38. The van der Waals surface area contributed by atoms with Gasteiger partial charge in [0.2, 0.25) is 0 Å². The van der Waals surface area contributed by atoms with E-state index >= 15 is 0 Å². The van der Waals surface area contributed by atoms with Crippen LogP contribution in [-0.4, -0.2) is 18.0 Å². The highest BCUT2D eigenvalue weighted by molar-refractivity contribution is 6.30. The molecule has 0 saturated carbocycles. The van der Waals surface area contributed by atoms with Crippen molar-refractivity contribution < 1.29 is 9.53 Å². The van der Waals surface area contributed by atoms with E-state index in [1.165, 1.54) is 13.3 Å². The van der Waals surface area contributed by atoms with Crippen LogP contribution in [0.25, 0.3) is 0 Å². The van der Waals surface area contributed by atoms with E-state index < -0.39 is 11.5 Å². The first-order chi connectivity index (χ1) is 6.52. The zero-order valence-corrected chi connectivity index (χ0v) is 8.71. The lowest BCUT2D eigenvalue weighted by molar-refractivity contribution is -0.139. The quantitative estimate of drug-likeness (QED) is 0.766. The van der Waals surface area contributed by atoms with Gasteiger partial charge in [0.25, 0.3) is 5.91 Å². The second kappa shape index (κ2) is 3.94. The number of primary amides is 1. The van der Waals surface area contributed by atoms with Gasteiger partial charge < -0.3 is 10.5 Å². The van der Waals surface area contributed by atoms with Crippen LogP contribution in [0.3, 0.4) is 0 Å². The number of halogens is 1. The Hall–Kier alpha value is -1.13. The molecule has 1 rings (SSSR count). The Bertz CT molecular complexity index is 356. The highest BCUT2D eigenvalue weighted by Crippen LogP contribution is 2.28. The maximum absolute atomic E-state index is 11.2. The number of hydrogen-bond acceptors (Lipinski definition) is 3. The number of carbonyl (C=O) groups excluding carboxylic acids is 1. The average molecular weight is 215 g/mol. The molecule has 0 aliphatic heterocycles. The van der Waals surface area contributed by atoms with E-state index in [1.807, 2.05) is 0 Å². The number of ether oxygens (including phenoxy) is 1. The van der Waals surface area contributed by atoms with Gasteiger partial charge in [0.1, 0.15) is 5.15 Å². The molecule has 14 heavy (non-hydrogen) atoms.